The molecule has 0 amide bonds. The van der Waals surface area contributed by atoms with Gasteiger partial charge in [-0.2, -0.15) is 0 Å². The molecule has 0 aliphatic rings. The third-order valence-electron chi connectivity index (χ3n) is 7.38. The molecule has 0 atom stereocenters. The Hall–Kier alpha value is -1.27. The highest BCUT2D eigenvalue weighted by atomic mass is 79.9. The molecule has 1 aromatic heterocycles. The van der Waals surface area contributed by atoms with Gasteiger partial charge in [-0.05, 0) is 24.1 Å². The first-order valence-corrected chi connectivity index (χ1v) is 16.4. The molecule has 2 aromatic rings. The van der Waals surface area contributed by atoms with Gasteiger partial charge in [0, 0.05) is 43.4 Å². The smallest absolute Gasteiger partial charge is 0.223 e. The summed E-state index contributed by atoms with van der Waals surface area (Å²) in [6.45, 7) is 3.61. The SMILES string of the molecule is Br.CCCCCCCCCCCCCCCCCCOc1cn(Cc2ccc(N(C)C)cc2)c(CBr)cc1=O. The summed E-state index contributed by atoms with van der Waals surface area (Å²) in [6, 6.07) is 10.2. The van der Waals surface area contributed by atoms with Gasteiger partial charge in [-0.25, -0.2) is 0 Å². The van der Waals surface area contributed by atoms with E-state index in [9.17, 15) is 4.79 Å². The fourth-order valence-electron chi connectivity index (χ4n) is 4.89. The lowest BCUT2D eigenvalue weighted by Crippen LogP contribution is -2.16. The van der Waals surface area contributed by atoms with E-state index in [1.165, 1.54) is 108 Å². The number of hydrogen-bond acceptors (Lipinski definition) is 3. The molecule has 39 heavy (non-hydrogen) atoms. The molecule has 222 valence electrons. The standard InChI is InChI=1S/C33H53BrN2O2.BrH/c1-4-5-6-7-8-9-10-11-12-13-14-15-16-17-18-19-24-38-33-28-36(31(26-34)25-32(33)37)27-29-20-22-30(23-21-29)35(2)3;/h20-23,25,28H,4-19,24,26-27H2,1-3H3;1H. The van der Waals surface area contributed by atoms with E-state index in [1.807, 2.05) is 20.3 Å². The van der Waals surface area contributed by atoms with Gasteiger partial charge in [-0.1, -0.05) is 131 Å². The van der Waals surface area contributed by atoms with Crippen molar-refractivity contribution in [3.8, 4) is 5.75 Å². The van der Waals surface area contributed by atoms with E-state index in [0.29, 0.717) is 24.2 Å². The number of alkyl halides is 1. The molecule has 0 fully saturated rings. The first-order chi connectivity index (χ1) is 18.5. The van der Waals surface area contributed by atoms with Crippen molar-refractivity contribution >= 4 is 38.6 Å². The quantitative estimate of drug-likeness (QED) is 0.0924. The largest absolute Gasteiger partial charge is 0.488 e. The lowest BCUT2D eigenvalue weighted by Gasteiger charge is -2.16. The predicted molar refractivity (Wildman–Crippen MR) is 179 cm³/mol. The summed E-state index contributed by atoms with van der Waals surface area (Å²) in [7, 11) is 4.09. The molecule has 0 bridgehead atoms. The molecule has 0 radical (unpaired) electrons. The van der Waals surface area contributed by atoms with Gasteiger partial charge < -0.3 is 14.2 Å². The first-order valence-electron chi connectivity index (χ1n) is 15.2. The molecule has 0 aliphatic carbocycles. The predicted octanol–water partition coefficient (Wildman–Crippen LogP) is 10.1. The number of halogens is 2. The van der Waals surface area contributed by atoms with Crippen LogP contribution in [-0.2, 0) is 11.9 Å². The van der Waals surface area contributed by atoms with E-state index in [0.717, 1.165) is 12.1 Å². The lowest BCUT2D eigenvalue weighted by molar-refractivity contribution is 0.298. The van der Waals surface area contributed by atoms with Crippen LogP contribution < -0.4 is 15.1 Å². The summed E-state index contributed by atoms with van der Waals surface area (Å²) in [5.41, 5.74) is 3.30. The van der Waals surface area contributed by atoms with E-state index in [-0.39, 0.29) is 22.4 Å². The Kier molecular flexibility index (Phi) is 20.6. The van der Waals surface area contributed by atoms with Crippen LogP contribution in [0.1, 0.15) is 121 Å². The van der Waals surface area contributed by atoms with E-state index in [1.54, 1.807) is 6.07 Å². The van der Waals surface area contributed by atoms with E-state index in [2.05, 4.69) is 56.6 Å². The molecule has 0 saturated heterocycles. The minimum Gasteiger partial charge on any atom is -0.488 e. The fraction of sp³-hybridized carbons (Fsp3) is 0.667. The maximum Gasteiger partial charge on any atom is 0.223 e. The first kappa shape index (κ1) is 35.8. The van der Waals surface area contributed by atoms with Crippen molar-refractivity contribution in [1.82, 2.24) is 4.57 Å². The second-order valence-corrected chi connectivity index (χ2v) is 11.5. The van der Waals surface area contributed by atoms with Gasteiger partial charge in [-0.15, -0.1) is 17.0 Å². The maximum atomic E-state index is 12.6. The molecule has 6 heteroatoms. The van der Waals surface area contributed by atoms with Crippen molar-refractivity contribution in [3.63, 3.8) is 0 Å². The number of aromatic nitrogens is 1. The van der Waals surface area contributed by atoms with Crippen molar-refractivity contribution in [2.75, 3.05) is 25.6 Å². The maximum absolute atomic E-state index is 12.6. The van der Waals surface area contributed by atoms with Gasteiger partial charge in [0.25, 0.3) is 0 Å². The number of benzene rings is 1. The third-order valence-corrected chi connectivity index (χ3v) is 7.96. The monoisotopic (exact) mass is 668 g/mol. The zero-order valence-electron chi connectivity index (χ0n) is 24.9. The van der Waals surface area contributed by atoms with Crippen LogP contribution >= 0.6 is 32.9 Å². The number of nitrogens with zero attached hydrogens (tertiary/aromatic N) is 2. The molecule has 0 spiro atoms. The van der Waals surface area contributed by atoms with Crippen molar-refractivity contribution < 1.29 is 4.74 Å². The van der Waals surface area contributed by atoms with Crippen LogP contribution in [0.3, 0.4) is 0 Å². The minimum absolute atomic E-state index is 0. The Morgan fingerprint density at radius 1 is 0.769 bits per heavy atom. The molecular weight excluding hydrogens is 616 g/mol. The summed E-state index contributed by atoms with van der Waals surface area (Å²) in [5.74, 6) is 0.459. The van der Waals surface area contributed by atoms with E-state index in [4.69, 9.17) is 4.74 Å². The van der Waals surface area contributed by atoms with E-state index < -0.39 is 0 Å². The Balaban J connectivity index is 0.00000760. The molecular formula is C33H54Br2N2O2. The number of hydrogen-bond donors (Lipinski definition) is 0. The summed E-state index contributed by atoms with van der Waals surface area (Å²) in [6.07, 6.45) is 23.5. The lowest BCUT2D eigenvalue weighted by atomic mass is 10.0. The molecule has 1 aromatic carbocycles. The van der Waals surface area contributed by atoms with E-state index >= 15 is 0 Å². The Labute approximate surface area is 257 Å². The zero-order valence-corrected chi connectivity index (χ0v) is 28.2. The van der Waals surface area contributed by atoms with Crippen molar-refractivity contribution in [2.45, 2.75) is 122 Å². The number of rotatable bonds is 22. The highest BCUT2D eigenvalue weighted by molar-refractivity contribution is 9.08. The average Bonchev–Trinajstić information content (AvgIpc) is 2.92. The van der Waals surface area contributed by atoms with Crippen molar-refractivity contribution in [2.24, 2.45) is 0 Å². The van der Waals surface area contributed by atoms with Crippen LogP contribution in [-0.4, -0.2) is 25.3 Å². The van der Waals surface area contributed by atoms with Crippen LogP contribution in [0.5, 0.6) is 5.75 Å². The summed E-state index contributed by atoms with van der Waals surface area (Å²) in [5, 5.41) is 0.636. The van der Waals surface area contributed by atoms with Crippen LogP contribution in [0.4, 0.5) is 5.69 Å². The Bertz CT molecular complexity index is 928. The molecule has 4 nitrogen and oxygen atoms in total. The number of ether oxygens (including phenoxy) is 1. The normalized spacial score (nSPS) is 10.9. The Morgan fingerprint density at radius 2 is 1.26 bits per heavy atom. The fourth-order valence-corrected chi connectivity index (χ4v) is 5.38. The molecule has 1 heterocycles. The molecule has 2 rings (SSSR count). The van der Waals surface area contributed by atoms with Crippen LogP contribution in [0.25, 0.3) is 0 Å². The topological polar surface area (TPSA) is 34.5 Å². The summed E-state index contributed by atoms with van der Waals surface area (Å²) < 4.78 is 8.04. The van der Waals surface area contributed by atoms with Gasteiger partial charge in [0.05, 0.1) is 12.8 Å². The Morgan fingerprint density at radius 3 is 1.72 bits per heavy atom. The van der Waals surface area contributed by atoms with Crippen molar-refractivity contribution in [1.29, 1.82) is 0 Å². The number of unbranched alkanes of at least 4 members (excludes halogenated alkanes) is 15. The van der Waals surface area contributed by atoms with Crippen LogP contribution in [0, 0.1) is 0 Å². The molecule has 0 saturated carbocycles. The third kappa shape index (κ3) is 15.3. The highest BCUT2D eigenvalue weighted by Crippen LogP contribution is 2.17. The number of anilines is 1. The van der Waals surface area contributed by atoms with Crippen LogP contribution in [0.15, 0.2) is 41.3 Å². The average molecular weight is 671 g/mol. The molecule has 0 aliphatic heterocycles. The van der Waals surface area contributed by atoms with Gasteiger partial charge in [-0.3, -0.25) is 4.79 Å². The second-order valence-electron chi connectivity index (χ2n) is 11.0. The minimum atomic E-state index is -0.0323. The second kappa shape index (κ2) is 22.4. The summed E-state index contributed by atoms with van der Waals surface area (Å²) >= 11 is 3.53. The summed E-state index contributed by atoms with van der Waals surface area (Å²) in [4.78, 5) is 14.7. The van der Waals surface area contributed by atoms with Gasteiger partial charge >= 0.3 is 0 Å². The van der Waals surface area contributed by atoms with Gasteiger partial charge in [0.2, 0.25) is 5.43 Å². The van der Waals surface area contributed by atoms with Gasteiger partial charge in [0.1, 0.15) is 0 Å². The highest BCUT2D eigenvalue weighted by Gasteiger charge is 2.08. The molecule has 0 N–H and O–H groups in total. The number of pyridine rings is 1. The van der Waals surface area contributed by atoms with Gasteiger partial charge in [0.15, 0.2) is 5.75 Å². The zero-order chi connectivity index (χ0) is 27.4. The van der Waals surface area contributed by atoms with Crippen LogP contribution in [0.2, 0.25) is 0 Å². The van der Waals surface area contributed by atoms with Crippen molar-refractivity contribution in [3.05, 3.63) is 58.0 Å². The molecule has 0 unspecified atom stereocenters.